The van der Waals surface area contributed by atoms with Gasteiger partial charge in [0.15, 0.2) is 0 Å². The largest absolute Gasteiger partial charge is 0.494 e. The first-order chi connectivity index (χ1) is 15.5. The molecule has 1 atom stereocenters. The van der Waals surface area contributed by atoms with E-state index >= 15 is 0 Å². The van der Waals surface area contributed by atoms with Gasteiger partial charge >= 0.3 is 0 Å². The van der Waals surface area contributed by atoms with E-state index in [4.69, 9.17) is 21.1 Å². The summed E-state index contributed by atoms with van der Waals surface area (Å²) in [5, 5.41) is 0.427. The Morgan fingerprint density at radius 1 is 1.06 bits per heavy atom. The molecule has 0 radical (unpaired) electrons. The molecule has 0 spiro atoms. The Morgan fingerprint density at radius 2 is 1.78 bits per heavy atom. The summed E-state index contributed by atoms with van der Waals surface area (Å²) in [6, 6.07) is 15.2. The van der Waals surface area contributed by atoms with Crippen LogP contribution >= 0.6 is 11.6 Å². The van der Waals surface area contributed by atoms with Crippen molar-refractivity contribution < 1.29 is 19.1 Å². The van der Waals surface area contributed by atoms with E-state index in [9.17, 15) is 9.59 Å². The normalized spacial score (nSPS) is 14.0. The first kappa shape index (κ1) is 21.6. The van der Waals surface area contributed by atoms with Crippen molar-refractivity contribution in [2.45, 2.75) is 19.9 Å². The number of aromatic nitrogens is 1. The lowest BCUT2D eigenvalue weighted by atomic mass is 10.1. The molecule has 2 amide bonds. The average molecular weight is 449 g/mol. The van der Waals surface area contributed by atoms with Gasteiger partial charge in [0.1, 0.15) is 11.5 Å². The van der Waals surface area contributed by atoms with Crippen LogP contribution in [0.2, 0.25) is 5.02 Å². The number of carbonyl (C=O) groups is 2. The van der Waals surface area contributed by atoms with Crippen molar-refractivity contribution >= 4 is 29.5 Å². The lowest BCUT2D eigenvalue weighted by Gasteiger charge is -2.19. The van der Waals surface area contributed by atoms with Crippen molar-refractivity contribution in [3.8, 4) is 17.4 Å². The van der Waals surface area contributed by atoms with Gasteiger partial charge in [-0.05, 0) is 49.7 Å². The van der Waals surface area contributed by atoms with Gasteiger partial charge in [0, 0.05) is 18.3 Å². The topological polar surface area (TPSA) is 68.7 Å². The van der Waals surface area contributed by atoms with Gasteiger partial charge in [0.2, 0.25) is 5.88 Å². The third kappa shape index (κ3) is 4.36. The minimum atomic E-state index is -0.402. The molecule has 0 N–H and O–H groups in total. The van der Waals surface area contributed by atoms with Crippen LogP contribution in [-0.4, -0.2) is 34.3 Å². The van der Waals surface area contributed by atoms with Crippen molar-refractivity contribution in [1.82, 2.24) is 9.88 Å². The highest BCUT2D eigenvalue weighted by molar-refractivity contribution is 6.32. The monoisotopic (exact) mass is 448 g/mol. The lowest BCUT2D eigenvalue weighted by Crippen LogP contribution is -2.36. The summed E-state index contributed by atoms with van der Waals surface area (Å²) in [5.74, 6) is 0.978. The minimum Gasteiger partial charge on any atom is -0.494 e. The number of hydrogen-bond donors (Lipinski definition) is 0. The molecule has 4 rings (SSSR count). The van der Waals surface area contributed by atoms with Crippen LogP contribution in [0.1, 0.15) is 40.1 Å². The first-order valence-electron chi connectivity index (χ1n) is 10.2. The van der Waals surface area contributed by atoms with Crippen LogP contribution in [0.3, 0.4) is 0 Å². The Balaban J connectivity index is 1.42. The number of rotatable bonds is 7. The predicted octanol–water partition coefficient (Wildman–Crippen LogP) is 5.62. The highest BCUT2D eigenvalue weighted by Gasteiger charge is 2.37. The fraction of sp³-hybridized carbons (Fsp3) is 0.160. The first-order valence-corrected chi connectivity index (χ1v) is 10.6. The number of imide groups is 1. The smallest absolute Gasteiger partial charge is 0.262 e. The molecule has 0 saturated heterocycles. The number of amides is 2. The van der Waals surface area contributed by atoms with Crippen LogP contribution in [0.25, 0.3) is 6.08 Å². The fourth-order valence-corrected chi connectivity index (χ4v) is 3.61. The number of pyridine rings is 1. The Labute approximate surface area is 191 Å². The molecule has 1 aliphatic rings. The number of fused-ring (bicyclic) bond motifs is 1. The predicted molar refractivity (Wildman–Crippen MR) is 122 cm³/mol. The summed E-state index contributed by atoms with van der Waals surface area (Å²) in [6.07, 6.45) is 5.25. The second-order valence-corrected chi connectivity index (χ2v) is 7.59. The average Bonchev–Trinajstić information content (AvgIpc) is 3.05. The zero-order valence-corrected chi connectivity index (χ0v) is 18.4. The molecule has 0 saturated carbocycles. The molecule has 1 aliphatic heterocycles. The highest BCUT2D eigenvalue weighted by atomic mass is 35.5. The van der Waals surface area contributed by atoms with Crippen molar-refractivity contribution in [3.05, 3.63) is 88.6 Å². The van der Waals surface area contributed by atoms with E-state index in [1.54, 1.807) is 67.7 Å². The number of nitrogens with zero attached hydrogens (tertiary/aromatic N) is 2. The number of benzene rings is 2. The maximum absolute atomic E-state index is 12.6. The molecule has 7 heteroatoms. The second-order valence-electron chi connectivity index (χ2n) is 7.18. The molecular weight excluding hydrogens is 428 g/mol. The van der Waals surface area contributed by atoms with Crippen molar-refractivity contribution in [2.24, 2.45) is 0 Å². The van der Waals surface area contributed by atoms with Gasteiger partial charge in [0.05, 0.1) is 28.8 Å². The van der Waals surface area contributed by atoms with Gasteiger partial charge in [-0.15, -0.1) is 0 Å². The van der Waals surface area contributed by atoms with Gasteiger partial charge in [-0.2, -0.15) is 0 Å². The maximum atomic E-state index is 12.6. The van der Waals surface area contributed by atoms with Gasteiger partial charge in [-0.25, -0.2) is 4.98 Å². The van der Waals surface area contributed by atoms with E-state index in [-0.39, 0.29) is 11.8 Å². The van der Waals surface area contributed by atoms with Gasteiger partial charge < -0.3 is 9.47 Å². The molecule has 162 valence electrons. The van der Waals surface area contributed by atoms with Crippen molar-refractivity contribution in [2.75, 3.05) is 6.61 Å². The number of ether oxygens (including phenoxy) is 2. The van der Waals surface area contributed by atoms with Crippen LogP contribution < -0.4 is 9.47 Å². The molecule has 1 aromatic heterocycles. The summed E-state index contributed by atoms with van der Waals surface area (Å²) < 4.78 is 11.2. The molecule has 2 heterocycles. The van der Waals surface area contributed by atoms with Crippen molar-refractivity contribution in [3.63, 3.8) is 0 Å². The van der Waals surface area contributed by atoms with Crippen molar-refractivity contribution in [1.29, 1.82) is 0 Å². The highest BCUT2D eigenvalue weighted by Crippen LogP contribution is 2.32. The fourth-order valence-electron chi connectivity index (χ4n) is 3.40. The minimum absolute atomic E-state index is 0.281. The molecule has 32 heavy (non-hydrogen) atoms. The van der Waals surface area contributed by atoms with Crippen LogP contribution in [0.4, 0.5) is 0 Å². The summed E-state index contributed by atoms with van der Waals surface area (Å²) >= 11 is 6.25. The number of carbonyl (C=O) groups excluding carboxylic acids is 2. The maximum Gasteiger partial charge on any atom is 0.262 e. The Hall–Kier alpha value is -3.64. The summed E-state index contributed by atoms with van der Waals surface area (Å²) in [4.78, 5) is 30.7. The molecular formula is C25H21ClN2O4. The Morgan fingerprint density at radius 3 is 2.38 bits per heavy atom. The zero-order valence-electron chi connectivity index (χ0n) is 17.6. The quantitative estimate of drug-likeness (QED) is 0.438. The van der Waals surface area contributed by atoms with E-state index in [2.05, 4.69) is 4.98 Å². The van der Waals surface area contributed by atoms with E-state index in [1.165, 1.54) is 4.90 Å². The van der Waals surface area contributed by atoms with E-state index in [0.717, 1.165) is 5.56 Å². The Kier molecular flexibility index (Phi) is 6.23. The van der Waals surface area contributed by atoms with Crippen LogP contribution in [0, 0.1) is 0 Å². The third-order valence-electron chi connectivity index (χ3n) is 4.99. The molecule has 2 aromatic carbocycles. The SMILES string of the molecule is CCOc1ccc(Oc2ccc(C=C[C@H](C)N3C(=O)c4ccccc4C3=O)cn2)c(Cl)c1. The number of halogens is 1. The Bertz CT molecular complexity index is 1160. The van der Waals surface area contributed by atoms with E-state index < -0.39 is 6.04 Å². The standard InChI is InChI=1S/C25H21ClN2O4/c1-3-31-18-11-12-22(21(26)14-18)32-23-13-10-17(15-27-23)9-8-16(2)28-24(29)19-6-4-5-7-20(19)25(28)30/h4-16H,3H2,1-2H3/t16-/m0/s1. The molecule has 0 fully saturated rings. The van der Waals surface area contributed by atoms with Gasteiger partial charge in [0.25, 0.3) is 11.8 Å². The van der Waals surface area contributed by atoms with Gasteiger partial charge in [-0.1, -0.05) is 35.9 Å². The second kappa shape index (κ2) is 9.24. The summed E-state index contributed by atoms with van der Waals surface area (Å²) in [6.45, 7) is 4.26. The molecule has 0 aliphatic carbocycles. The van der Waals surface area contributed by atoms with Crippen LogP contribution in [-0.2, 0) is 0 Å². The molecule has 0 bridgehead atoms. The summed E-state index contributed by atoms with van der Waals surface area (Å²) in [5.41, 5.74) is 1.68. The lowest BCUT2D eigenvalue weighted by molar-refractivity contribution is 0.0625. The van der Waals surface area contributed by atoms with E-state index in [1.807, 2.05) is 19.1 Å². The van der Waals surface area contributed by atoms with Crippen LogP contribution in [0.5, 0.6) is 17.4 Å². The molecule has 0 unspecified atom stereocenters. The van der Waals surface area contributed by atoms with Gasteiger partial charge in [-0.3, -0.25) is 14.5 Å². The van der Waals surface area contributed by atoms with Crippen LogP contribution in [0.15, 0.2) is 66.9 Å². The third-order valence-corrected chi connectivity index (χ3v) is 5.28. The molecule has 3 aromatic rings. The summed E-state index contributed by atoms with van der Waals surface area (Å²) in [7, 11) is 0. The van der Waals surface area contributed by atoms with E-state index in [0.29, 0.717) is 40.1 Å². The zero-order chi connectivity index (χ0) is 22.7. The number of hydrogen-bond acceptors (Lipinski definition) is 5. The molecule has 6 nitrogen and oxygen atoms in total.